The van der Waals surface area contributed by atoms with Crippen LogP contribution in [0.5, 0.6) is 0 Å². The summed E-state index contributed by atoms with van der Waals surface area (Å²) in [4.78, 5) is 22.7. The molecule has 0 bridgehead atoms. The Kier molecular flexibility index (Phi) is 6.37. The molecule has 2 aromatic carbocycles. The van der Waals surface area contributed by atoms with Crippen LogP contribution in [0, 0.1) is 27.7 Å². The van der Waals surface area contributed by atoms with Crippen molar-refractivity contribution in [2.75, 3.05) is 5.32 Å². The SMILES string of the molecule is Cc1cc(C)nc(Sc2ccc(NC(=O)c3cccc(Cn4nc(C)cc4C)c3)cc2)n1. The molecule has 0 aliphatic carbocycles. The van der Waals surface area contributed by atoms with Crippen molar-refractivity contribution in [1.82, 2.24) is 19.7 Å². The number of nitrogens with zero attached hydrogens (tertiary/aromatic N) is 4. The van der Waals surface area contributed by atoms with Gasteiger partial charge in [0.2, 0.25) is 0 Å². The number of hydrogen-bond acceptors (Lipinski definition) is 5. The number of amides is 1. The van der Waals surface area contributed by atoms with Crippen molar-refractivity contribution in [3.05, 3.63) is 94.6 Å². The number of carbonyl (C=O) groups is 1. The van der Waals surface area contributed by atoms with Gasteiger partial charge in [-0.2, -0.15) is 5.10 Å². The minimum absolute atomic E-state index is 0.140. The molecule has 7 heteroatoms. The summed E-state index contributed by atoms with van der Waals surface area (Å²) in [5, 5.41) is 8.19. The van der Waals surface area contributed by atoms with Crippen molar-refractivity contribution in [1.29, 1.82) is 0 Å². The molecule has 1 amide bonds. The zero-order valence-corrected chi connectivity index (χ0v) is 19.4. The highest BCUT2D eigenvalue weighted by Crippen LogP contribution is 2.26. The Bertz CT molecular complexity index is 1240. The zero-order valence-electron chi connectivity index (χ0n) is 18.6. The maximum Gasteiger partial charge on any atom is 0.255 e. The predicted octanol–water partition coefficient (Wildman–Crippen LogP) is 5.36. The van der Waals surface area contributed by atoms with E-state index in [4.69, 9.17) is 0 Å². The first-order chi connectivity index (χ1) is 15.4. The molecule has 0 fully saturated rings. The highest BCUT2D eigenvalue weighted by Gasteiger charge is 2.09. The fourth-order valence-corrected chi connectivity index (χ4v) is 4.34. The van der Waals surface area contributed by atoms with Gasteiger partial charge in [-0.3, -0.25) is 9.48 Å². The van der Waals surface area contributed by atoms with Crippen LogP contribution < -0.4 is 5.32 Å². The number of nitrogens with one attached hydrogen (secondary N) is 1. The van der Waals surface area contributed by atoms with Gasteiger partial charge in [-0.25, -0.2) is 9.97 Å². The summed E-state index contributed by atoms with van der Waals surface area (Å²) in [6.45, 7) is 8.57. The number of aryl methyl sites for hydroxylation is 4. The fraction of sp³-hybridized carbons (Fsp3) is 0.200. The summed E-state index contributed by atoms with van der Waals surface area (Å²) in [5.41, 5.74) is 6.37. The van der Waals surface area contributed by atoms with Crippen LogP contribution in [0.2, 0.25) is 0 Å². The minimum Gasteiger partial charge on any atom is -0.322 e. The topological polar surface area (TPSA) is 72.7 Å². The van der Waals surface area contributed by atoms with E-state index in [1.807, 2.05) is 93.0 Å². The summed E-state index contributed by atoms with van der Waals surface area (Å²) in [7, 11) is 0. The number of benzene rings is 2. The van der Waals surface area contributed by atoms with Gasteiger partial charge in [0.25, 0.3) is 5.91 Å². The molecule has 0 atom stereocenters. The van der Waals surface area contributed by atoms with Gasteiger partial charge in [0, 0.05) is 33.2 Å². The van der Waals surface area contributed by atoms with Gasteiger partial charge in [0.05, 0.1) is 12.2 Å². The third-order valence-corrected chi connectivity index (χ3v) is 5.78. The molecule has 6 nitrogen and oxygen atoms in total. The van der Waals surface area contributed by atoms with Crippen molar-refractivity contribution in [2.24, 2.45) is 0 Å². The molecule has 2 aromatic heterocycles. The van der Waals surface area contributed by atoms with Gasteiger partial charge in [0.1, 0.15) is 0 Å². The van der Waals surface area contributed by atoms with Crippen LogP contribution >= 0.6 is 11.8 Å². The van der Waals surface area contributed by atoms with E-state index in [-0.39, 0.29) is 5.91 Å². The third kappa shape index (κ3) is 5.42. The average Bonchev–Trinajstić information content (AvgIpc) is 3.05. The lowest BCUT2D eigenvalue weighted by Crippen LogP contribution is -2.12. The van der Waals surface area contributed by atoms with Crippen molar-refractivity contribution in [2.45, 2.75) is 44.3 Å². The van der Waals surface area contributed by atoms with Gasteiger partial charge >= 0.3 is 0 Å². The zero-order chi connectivity index (χ0) is 22.7. The van der Waals surface area contributed by atoms with Crippen LogP contribution in [-0.2, 0) is 6.54 Å². The molecule has 0 unspecified atom stereocenters. The van der Waals surface area contributed by atoms with Crippen LogP contribution in [0.4, 0.5) is 5.69 Å². The van der Waals surface area contributed by atoms with Gasteiger partial charge in [-0.15, -0.1) is 0 Å². The Labute approximate surface area is 192 Å². The second-order valence-electron chi connectivity index (χ2n) is 7.80. The molecule has 0 spiro atoms. The van der Waals surface area contributed by atoms with Gasteiger partial charge in [0.15, 0.2) is 5.16 Å². The van der Waals surface area contributed by atoms with Crippen molar-refractivity contribution in [3.8, 4) is 0 Å². The van der Waals surface area contributed by atoms with E-state index < -0.39 is 0 Å². The Hall–Kier alpha value is -3.45. The van der Waals surface area contributed by atoms with Crippen LogP contribution in [0.15, 0.2) is 70.7 Å². The molecule has 0 aliphatic rings. The van der Waals surface area contributed by atoms with Crippen LogP contribution in [0.3, 0.4) is 0 Å². The standard InChI is InChI=1S/C25H25N5OS/c1-16-12-17(2)27-25(26-16)32-23-10-8-22(9-11-23)28-24(31)21-7-5-6-20(14-21)15-30-19(4)13-18(3)29-30/h5-14H,15H2,1-4H3,(H,28,31). The summed E-state index contributed by atoms with van der Waals surface area (Å²) >= 11 is 1.50. The van der Waals surface area contributed by atoms with E-state index in [0.717, 1.165) is 44.1 Å². The average molecular weight is 444 g/mol. The fourth-order valence-electron chi connectivity index (χ4n) is 3.47. The van der Waals surface area contributed by atoms with Gasteiger partial charge in [-0.05, 0) is 93.6 Å². The second-order valence-corrected chi connectivity index (χ2v) is 8.84. The molecular weight excluding hydrogens is 418 g/mol. The van der Waals surface area contributed by atoms with Gasteiger partial charge in [-0.1, -0.05) is 12.1 Å². The van der Waals surface area contributed by atoms with Crippen molar-refractivity contribution in [3.63, 3.8) is 0 Å². The minimum atomic E-state index is -0.140. The monoisotopic (exact) mass is 443 g/mol. The quantitative estimate of drug-likeness (QED) is 0.406. The lowest BCUT2D eigenvalue weighted by atomic mass is 10.1. The van der Waals surface area contributed by atoms with E-state index in [9.17, 15) is 4.79 Å². The molecular formula is C25H25N5OS. The molecule has 0 saturated carbocycles. The van der Waals surface area contributed by atoms with Crippen molar-refractivity contribution < 1.29 is 4.79 Å². The number of rotatable bonds is 6. The maximum atomic E-state index is 12.8. The molecule has 4 rings (SSSR count). The van der Waals surface area contributed by atoms with Crippen LogP contribution in [0.1, 0.15) is 38.7 Å². The predicted molar refractivity (Wildman–Crippen MR) is 127 cm³/mol. The first kappa shape index (κ1) is 21.8. The summed E-state index contributed by atoms with van der Waals surface area (Å²) in [5.74, 6) is -0.140. The summed E-state index contributed by atoms with van der Waals surface area (Å²) < 4.78 is 1.95. The lowest BCUT2D eigenvalue weighted by molar-refractivity contribution is 0.102. The normalized spacial score (nSPS) is 10.9. The van der Waals surface area contributed by atoms with Gasteiger partial charge < -0.3 is 5.32 Å². The molecule has 2 heterocycles. The lowest BCUT2D eigenvalue weighted by Gasteiger charge is -2.09. The summed E-state index contributed by atoms with van der Waals surface area (Å²) in [6.07, 6.45) is 0. The largest absolute Gasteiger partial charge is 0.322 e. The number of carbonyl (C=O) groups excluding carboxylic acids is 1. The number of anilines is 1. The van der Waals surface area contributed by atoms with E-state index in [0.29, 0.717) is 12.1 Å². The van der Waals surface area contributed by atoms with E-state index >= 15 is 0 Å². The highest BCUT2D eigenvalue weighted by atomic mass is 32.2. The first-order valence-electron chi connectivity index (χ1n) is 10.4. The Morgan fingerprint density at radius 3 is 2.28 bits per heavy atom. The smallest absolute Gasteiger partial charge is 0.255 e. The second kappa shape index (κ2) is 9.36. The Morgan fingerprint density at radius 2 is 1.62 bits per heavy atom. The Balaban J connectivity index is 1.42. The van der Waals surface area contributed by atoms with Crippen LogP contribution in [-0.4, -0.2) is 25.7 Å². The Morgan fingerprint density at radius 1 is 0.906 bits per heavy atom. The van der Waals surface area contributed by atoms with E-state index in [1.165, 1.54) is 11.8 Å². The molecule has 162 valence electrons. The third-order valence-electron chi connectivity index (χ3n) is 4.91. The summed E-state index contributed by atoms with van der Waals surface area (Å²) in [6, 6.07) is 19.3. The molecule has 0 saturated heterocycles. The van der Waals surface area contributed by atoms with Crippen LogP contribution in [0.25, 0.3) is 0 Å². The van der Waals surface area contributed by atoms with E-state index in [1.54, 1.807) is 0 Å². The molecule has 0 aliphatic heterocycles. The maximum absolute atomic E-state index is 12.8. The highest BCUT2D eigenvalue weighted by molar-refractivity contribution is 7.99. The van der Waals surface area contributed by atoms with E-state index in [2.05, 4.69) is 20.4 Å². The number of hydrogen-bond donors (Lipinski definition) is 1. The first-order valence-corrected chi connectivity index (χ1v) is 11.2. The van der Waals surface area contributed by atoms with Crippen molar-refractivity contribution >= 4 is 23.4 Å². The molecule has 32 heavy (non-hydrogen) atoms. The number of aromatic nitrogens is 4. The molecule has 1 N–H and O–H groups in total. The molecule has 4 aromatic rings. The molecule has 0 radical (unpaired) electrons.